The van der Waals surface area contributed by atoms with E-state index in [1.54, 1.807) is 0 Å². The maximum atomic E-state index is 12.9. The Labute approximate surface area is 485 Å². The number of allylic oxidation sites excluding steroid dienone is 10. The SMILES string of the molecule is CCCCCCC/C=C\C/C=C\C/C=C\CCCCCCCCCCCCC(=O)OCC(COC(=O)CCCCCCCCCCCC)OC(=O)CCCCCCCCCCCCCCC/C=C\C/C=C\CCCCCCC. The minimum Gasteiger partial charge on any atom is -0.462 e. The molecule has 0 N–H and O–H groups in total. The molecule has 0 aromatic rings. The fourth-order valence-electron chi connectivity index (χ4n) is 10.1. The van der Waals surface area contributed by atoms with Gasteiger partial charge in [-0.25, -0.2) is 0 Å². The Morgan fingerprint density at radius 1 is 0.256 bits per heavy atom. The Morgan fingerprint density at radius 2 is 0.462 bits per heavy atom. The lowest BCUT2D eigenvalue weighted by Crippen LogP contribution is -2.30. The maximum absolute atomic E-state index is 12.9. The van der Waals surface area contributed by atoms with Crippen molar-refractivity contribution in [3.63, 3.8) is 0 Å². The highest BCUT2D eigenvalue weighted by atomic mass is 16.6. The molecule has 0 aromatic heterocycles. The molecular weight excluding hydrogens is 961 g/mol. The van der Waals surface area contributed by atoms with Gasteiger partial charge in [0.25, 0.3) is 0 Å². The van der Waals surface area contributed by atoms with Gasteiger partial charge in [-0.2, -0.15) is 0 Å². The average Bonchev–Trinajstić information content (AvgIpc) is 3.44. The summed E-state index contributed by atoms with van der Waals surface area (Å²) in [6.07, 6.45) is 85.3. The summed E-state index contributed by atoms with van der Waals surface area (Å²) < 4.78 is 16.9. The highest BCUT2D eigenvalue weighted by molar-refractivity contribution is 5.71. The summed E-state index contributed by atoms with van der Waals surface area (Å²) in [5, 5.41) is 0. The van der Waals surface area contributed by atoms with Crippen molar-refractivity contribution in [1.29, 1.82) is 0 Å². The molecule has 6 heteroatoms. The lowest BCUT2D eigenvalue weighted by atomic mass is 10.0. The number of hydrogen-bond acceptors (Lipinski definition) is 6. The molecule has 0 saturated heterocycles. The van der Waals surface area contributed by atoms with Crippen LogP contribution >= 0.6 is 0 Å². The van der Waals surface area contributed by atoms with Crippen molar-refractivity contribution < 1.29 is 28.6 Å². The molecule has 1 atom stereocenters. The Kier molecular flexibility index (Phi) is 64.2. The van der Waals surface area contributed by atoms with Crippen molar-refractivity contribution >= 4 is 17.9 Å². The topological polar surface area (TPSA) is 78.9 Å². The molecule has 0 fully saturated rings. The zero-order chi connectivity index (χ0) is 56.4. The fraction of sp³-hybridized carbons (Fsp3) is 0.819. The van der Waals surface area contributed by atoms with E-state index in [0.717, 1.165) is 77.0 Å². The van der Waals surface area contributed by atoms with Gasteiger partial charge in [-0.3, -0.25) is 14.4 Å². The van der Waals surface area contributed by atoms with Gasteiger partial charge in [0, 0.05) is 19.3 Å². The number of ether oxygens (including phenoxy) is 3. The second-order valence-corrected chi connectivity index (χ2v) is 23.1. The summed E-state index contributed by atoms with van der Waals surface area (Å²) in [7, 11) is 0. The van der Waals surface area contributed by atoms with Gasteiger partial charge in [-0.15, -0.1) is 0 Å². The van der Waals surface area contributed by atoms with Gasteiger partial charge in [-0.1, -0.05) is 313 Å². The molecule has 6 nitrogen and oxygen atoms in total. The van der Waals surface area contributed by atoms with Gasteiger partial charge in [0.05, 0.1) is 0 Å². The van der Waals surface area contributed by atoms with Crippen LogP contribution < -0.4 is 0 Å². The molecule has 0 radical (unpaired) electrons. The number of carbonyl (C=O) groups is 3. The molecule has 1 unspecified atom stereocenters. The highest BCUT2D eigenvalue weighted by Gasteiger charge is 2.19. The molecule has 0 aliphatic heterocycles. The number of carbonyl (C=O) groups excluding carboxylic acids is 3. The van der Waals surface area contributed by atoms with Gasteiger partial charge in [0.1, 0.15) is 13.2 Å². The maximum Gasteiger partial charge on any atom is 0.306 e. The summed E-state index contributed by atoms with van der Waals surface area (Å²) in [4.78, 5) is 38.3. The average molecular weight is 1090 g/mol. The molecule has 0 amide bonds. The van der Waals surface area contributed by atoms with Crippen LogP contribution in [0.15, 0.2) is 60.8 Å². The standard InChI is InChI=1S/C72H130O6/c1-4-7-10-13-16-19-22-24-26-28-30-32-34-36-38-40-42-44-46-48-50-53-56-59-62-65-71(74)77-68-69(67-76-70(73)64-61-58-55-52-21-18-15-12-9-6-3)78-72(75)66-63-60-57-54-51-49-47-45-43-41-39-37-35-33-31-29-27-25-23-20-17-14-11-8-5-2/h22-25,28-31,34,36,69H,4-21,26-27,32-33,35,37-68H2,1-3H3/b24-22-,25-23-,30-28-,31-29-,36-34-. The molecule has 0 saturated carbocycles. The Hall–Kier alpha value is -2.89. The monoisotopic (exact) mass is 1090 g/mol. The third-order valence-corrected chi connectivity index (χ3v) is 15.2. The van der Waals surface area contributed by atoms with Crippen LogP contribution in [0.5, 0.6) is 0 Å². The number of rotatable bonds is 63. The molecule has 0 spiro atoms. The van der Waals surface area contributed by atoms with Crippen LogP contribution in [0.2, 0.25) is 0 Å². The van der Waals surface area contributed by atoms with Crippen LogP contribution in [0.1, 0.15) is 361 Å². The Morgan fingerprint density at radius 3 is 0.718 bits per heavy atom. The first-order valence-electron chi connectivity index (χ1n) is 34.3. The number of hydrogen-bond donors (Lipinski definition) is 0. The first kappa shape index (κ1) is 75.1. The second-order valence-electron chi connectivity index (χ2n) is 23.1. The molecular formula is C72H130O6. The molecule has 0 heterocycles. The fourth-order valence-corrected chi connectivity index (χ4v) is 10.1. The van der Waals surface area contributed by atoms with E-state index in [0.29, 0.717) is 19.3 Å². The van der Waals surface area contributed by atoms with E-state index < -0.39 is 6.10 Å². The van der Waals surface area contributed by atoms with Gasteiger partial charge >= 0.3 is 17.9 Å². The minimum atomic E-state index is -0.775. The zero-order valence-electron chi connectivity index (χ0n) is 52.2. The normalized spacial score (nSPS) is 12.4. The first-order chi connectivity index (χ1) is 38.5. The van der Waals surface area contributed by atoms with Crippen LogP contribution in [0.4, 0.5) is 0 Å². The smallest absolute Gasteiger partial charge is 0.306 e. The van der Waals surface area contributed by atoms with E-state index in [9.17, 15) is 14.4 Å². The quantitative estimate of drug-likeness (QED) is 0.0261. The van der Waals surface area contributed by atoms with Crippen molar-refractivity contribution in [2.75, 3.05) is 13.2 Å². The molecule has 454 valence electrons. The number of unbranched alkanes of at least 4 members (excludes halogenated alkanes) is 42. The Balaban J connectivity index is 4.20. The minimum absolute atomic E-state index is 0.0719. The molecule has 0 aliphatic carbocycles. The third kappa shape index (κ3) is 63.9. The second kappa shape index (κ2) is 66.6. The van der Waals surface area contributed by atoms with Crippen molar-refractivity contribution in [1.82, 2.24) is 0 Å². The van der Waals surface area contributed by atoms with Crippen molar-refractivity contribution in [2.45, 2.75) is 367 Å². The lowest BCUT2D eigenvalue weighted by molar-refractivity contribution is -0.167. The number of esters is 3. The van der Waals surface area contributed by atoms with Crippen LogP contribution in [-0.4, -0.2) is 37.2 Å². The van der Waals surface area contributed by atoms with Crippen molar-refractivity contribution in [3.8, 4) is 0 Å². The summed E-state index contributed by atoms with van der Waals surface area (Å²) in [5.74, 6) is -0.858. The van der Waals surface area contributed by atoms with Gasteiger partial charge in [-0.05, 0) is 89.9 Å². The van der Waals surface area contributed by atoms with E-state index in [2.05, 4.69) is 81.5 Å². The van der Waals surface area contributed by atoms with E-state index in [1.165, 1.54) is 244 Å². The molecule has 0 aromatic carbocycles. The summed E-state index contributed by atoms with van der Waals surface area (Å²) in [5.41, 5.74) is 0. The highest BCUT2D eigenvalue weighted by Crippen LogP contribution is 2.17. The van der Waals surface area contributed by atoms with Crippen molar-refractivity contribution in [3.05, 3.63) is 60.8 Å². The summed E-state index contributed by atoms with van der Waals surface area (Å²) in [6, 6.07) is 0. The van der Waals surface area contributed by atoms with Crippen LogP contribution in [0.3, 0.4) is 0 Å². The zero-order valence-corrected chi connectivity index (χ0v) is 52.2. The largest absolute Gasteiger partial charge is 0.462 e. The summed E-state index contributed by atoms with van der Waals surface area (Å²) in [6.45, 7) is 6.65. The predicted molar refractivity (Wildman–Crippen MR) is 339 cm³/mol. The van der Waals surface area contributed by atoms with Gasteiger partial charge < -0.3 is 14.2 Å². The lowest BCUT2D eigenvalue weighted by Gasteiger charge is -2.18. The molecule has 0 aliphatic rings. The molecule has 0 rings (SSSR count). The van der Waals surface area contributed by atoms with Crippen LogP contribution in [0, 0.1) is 0 Å². The van der Waals surface area contributed by atoms with Crippen LogP contribution in [0.25, 0.3) is 0 Å². The molecule has 0 bridgehead atoms. The third-order valence-electron chi connectivity index (χ3n) is 15.2. The van der Waals surface area contributed by atoms with E-state index >= 15 is 0 Å². The van der Waals surface area contributed by atoms with Crippen molar-refractivity contribution in [2.24, 2.45) is 0 Å². The van der Waals surface area contributed by atoms with Gasteiger partial charge in [0.2, 0.25) is 0 Å². The van der Waals surface area contributed by atoms with E-state index in [4.69, 9.17) is 14.2 Å². The predicted octanol–water partition coefficient (Wildman–Crippen LogP) is 23.5. The Bertz CT molecular complexity index is 1390. The van der Waals surface area contributed by atoms with E-state index in [-0.39, 0.29) is 31.1 Å². The van der Waals surface area contributed by atoms with E-state index in [1.807, 2.05) is 0 Å². The first-order valence-corrected chi connectivity index (χ1v) is 34.3. The van der Waals surface area contributed by atoms with Gasteiger partial charge in [0.15, 0.2) is 6.10 Å². The van der Waals surface area contributed by atoms with Crippen LogP contribution in [-0.2, 0) is 28.6 Å². The molecule has 78 heavy (non-hydrogen) atoms. The summed E-state index contributed by atoms with van der Waals surface area (Å²) >= 11 is 0.